The van der Waals surface area contributed by atoms with E-state index in [9.17, 15) is 9.59 Å². The number of anilines is 2. The summed E-state index contributed by atoms with van der Waals surface area (Å²) in [6.45, 7) is 1.45. The molecule has 0 radical (unpaired) electrons. The van der Waals surface area contributed by atoms with Gasteiger partial charge >= 0.3 is 0 Å². The summed E-state index contributed by atoms with van der Waals surface area (Å²) in [7, 11) is 0. The molecule has 2 aromatic carbocycles. The second-order valence-corrected chi connectivity index (χ2v) is 5.09. The second-order valence-electron chi connectivity index (χ2n) is 5.09. The number of nitrogens with zero attached hydrogens (tertiary/aromatic N) is 1. The van der Waals surface area contributed by atoms with Crippen LogP contribution in [-0.2, 0) is 4.79 Å². The number of rotatable bonds is 3. The topological polar surface area (TPSA) is 71.1 Å². The van der Waals surface area contributed by atoms with Crippen molar-refractivity contribution in [2.75, 3.05) is 10.6 Å². The number of aromatic nitrogens is 1. The molecular weight excluding hydrogens is 290 g/mol. The highest BCUT2D eigenvalue weighted by Crippen LogP contribution is 2.19. The minimum atomic E-state index is -0.221. The molecule has 0 saturated carbocycles. The first-order valence-corrected chi connectivity index (χ1v) is 7.16. The summed E-state index contributed by atoms with van der Waals surface area (Å²) >= 11 is 0. The average molecular weight is 305 g/mol. The van der Waals surface area contributed by atoms with Gasteiger partial charge in [-0.2, -0.15) is 0 Å². The van der Waals surface area contributed by atoms with Crippen molar-refractivity contribution >= 4 is 34.1 Å². The van der Waals surface area contributed by atoms with Crippen molar-refractivity contribution in [1.29, 1.82) is 0 Å². The van der Waals surface area contributed by atoms with Crippen molar-refractivity contribution in [2.45, 2.75) is 6.92 Å². The maximum atomic E-state index is 12.5. The van der Waals surface area contributed by atoms with Gasteiger partial charge in [-0.15, -0.1) is 0 Å². The van der Waals surface area contributed by atoms with Crippen LogP contribution in [0.25, 0.3) is 10.9 Å². The maximum Gasteiger partial charge on any atom is 0.257 e. The molecule has 3 aromatic rings. The highest BCUT2D eigenvalue weighted by Gasteiger charge is 2.11. The van der Waals surface area contributed by atoms with Crippen LogP contribution in [0, 0.1) is 0 Å². The zero-order valence-electron chi connectivity index (χ0n) is 12.5. The van der Waals surface area contributed by atoms with Gasteiger partial charge in [-0.05, 0) is 36.4 Å². The molecule has 114 valence electrons. The lowest BCUT2D eigenvalue weighted by Gasteiger charge is -2.08. The van der Waals surface area contributed by atoms with Gasteiger partial charge in [-0.1, -0.05) is 18.2 Å². The van der Waals surface area contributed by atoms with Gasteiger partial charge in [0.2, 0.25) is 5.91 Å². The number of hydrogen-bond donors (Lipinski definition) is 2. The van der Waals surface area contributed by atoms with Gasteiger partial charge < -0.3 is 10.6 Å². The molecule has 0 unspecified atom stereocenters. The highest BCUT2D eigenvalue weighted by atomic mass is 16.2. The fourth-order valence-corrected chi connectivity index (χ4v) is 2.33. The van der Waals surface area contributed by atoms with Crippen molar-refractivity contribution in [3.63, 3.8) is 0 Å². The van der Waals surface area contributed by atoms with Crippen molar-refractivity contribution in [3.05, 3.63) is 66.4 Å². The van der Waals surface area contributed by atoms with Crippen LogP contribution in [0.1, 0.15) is 17.3 Å². The molecule has 0 aliphatic rings. The van der Waals surface area contributed by atoms with E-state index in [1.807, 2.05) is 24.3 Å². The average Bonchev–Trinajstić information content (AvgIpc) is 2.55. The zero-order chi connectivity index (χ0) is 16.2. The summed E-state index contributed by atoms with van der Waals surface area (Å²) in [5.74, 6) is -0.356. The van der Waals surface area contributed by atoms with Crippen LogP contribution in [0.4, 0.5) is 11.4 Å². The Bertz CT molecular complexity index is 868. The lowest BCUT2D eigenvalue weighted by Crippen LogP contribution is -2.13. The Morgan fingerprint density at radius 1 is 0.870 bits per heavy atom. The number of benzene rings is 2. The predicted molar refractivity (Wildman–Crippen MR) is 90.4 cm³/mol. The molecule has 0 aliphatic carbocycles. The molecule has 1 aromatic heterocycles. The molecule has 1 heterocycles. The summed E-state index contributed by atoms with van der Waals surface area (Å²) < 4.78 is 0. The fraction of sp³-hybridized carbons (Fsp3) is 0.0556. The van der Waals surface area contributed by atoms with Gasteiger partial charge in [0, 0.05) is 29.9 Å². The van der Waals surface area contributed by atoms with Crippen LogP contribution in [0.2, 0.25) is 0 Å². The van der Waals surface area contributed by atoms with E-state index in [-0.39, 0.29) is 11.8 Å². The SMILES string of the molecule is CC(=O)Nc1ccc(NC(=O)c2cccc3cccnc23)cc1. The van der Waals surface area contributed by atoms with Crippen LogP contribution < -0.4 is 10.6 Å². The molecule has 3 rings (SSSR count). The van der Waals surface area contributed by atoms with E-state index >= 15 is 0 Å². The summed E-state index contributed by atoms with van der Waals surface area (Å²) in [6.07, 6.45) is 1.67. The van der Waals surface area contributed by atoms with E-state index in [1.165, 1.54) is 6.92 Å². The normalized spacial score (nSPS) is 10.3. The molecule has 0 saturated heterocycles. The number of fused-ring (bicyclic) bond motifs is 1. The van der Waals surface area contributed by atoms with Crippen molar-refractivity contribution < 1.29 is 9.59 Å². The molecule has 5 heteroatoms. The van der Waals surface area contributed by atoms with Gasteiger partial charge in [0.15, 0.2) is 0 Å². The molecule has 0 bridgehead atoms. The van der Waals surface area contributed by atoms with E-state index < -0.39 is 0 Å². The predicted octanol–water partition coefficient (Wildman–Crippen LogP) is 3.45. The molecule has 2 N–H and O–H groups in total. The van der Waals surface area contributed by atoms with Crippen LogP contribution in [0.5, 0.6) is 0 Å². The van der Waals surface area contributed by atoms with E-state index in [1.54, 1.807) is 36.5 Å². The standard InChI is InChI=1S/C18H15N3O2/c1-12(22)20-14-7-9-15(10-8-14)21-18(23)16-6-2-4-13-5-3-11-19-17(13)16/h2-11H,1H3,(H,20,22)(H,21,23). The van der Waals surface area contributed by atoms with Gasteiger partial charge in [0.1, 0.15) is 0 Å². The molecule has 0 fully saturated rings. The number of carbonyl (C=O) groups excluding carboxylic acids is 2. The summed E-state index contributed by atoms with van der Waals surface area (Å²) in [4.78, 5) is 27.7. The summed E-state index contributed by atoms with van der Waals surface area (Å²) in [6, 6.07) is 16.2. The Morgan fingerprint density at radius 2 is 1.52 bits per heavy atom. The van der Waals surface area contributed by atoms with Crippen LogP contribution >= 0.6 is 0 Å². The van der Waals surface area contributed by atoms with Crippen LogP contribution in [0.15, 0.2) is 60.8 Å². The highest BCUT2D eigenvalue weighted by molar-refractivity contribution is 6.11. The monoisotopic (exact) mass is 305 g/mol. The quantitative estimate of drug-likeness (QED) is 0.778. The lowest BCUT2D eigenvalue weighted by atomic mass is 10.1. The molecule has 0 spiro atoms. The van der Waals surface area contributed by atoms with Crippen LogP contribution in [-0.4, -0.2) is 16.8 Å². The van der Waals surface area contributed by atoms with Gasteiger partial charge in [-0.3, -0.25) is 14.6 Å². The molecular formula is C18H15N3O2. The third-order valence-corrected chi connectivity index (χ3v) is 3.34. The molecule has 2 amide bonds. The number of amides is 2. The molecule has 5 nitrogen and oxygen atoms in total. The number of nitrogens with one attached hydrogen (secondary N) is 2. The van der Waals surface area contributed by atoms with E-state index in [4.69, 9.17) is 0 Å². The first-order valence-electron chi connectivity index (χ1n) is 7.16. The maximum absolute atomic E-state index is 12.5. The molecule has 23 heavy (non-hydrogen) atoms. The minimum absolute atomic E-state index is 0.136. The Morgan fingerprint density at radius 3 is 2.22 bits per heavy atom. The first kappa shape index (κ1) is 14.7. The van der Waals surface area contributed by atoms with Gasteiger partial charge in [0.05, 0.1) is 11.1 Å². The Labute approximate surface area is 133 Å². The molecule has 0 aliphatic heterocycles. The van der Waals surface area contributed by atoms with Gasteiger partial charge in [0.25, 0.3) is 5.91 Å². The van der Waals surface area contributed by atoms with E-state index in [0.717, 1.165) is 5.39 Å². The zero-order valence-corrected chi connectivity index (χ0v) is 12.5. The lowest BCUT2D eigenvalue weighted by molar-refractivity contribution is -0.114. The third-order valence-electron chi connectivity index (χ3n) is 3.34. The van der Waals surface area contributed by atoms with Crippen molar-refractivity contribution in [3.8, 4) is 0 Å². The summed E-state index contributed by atoms with van der Waals surface area (Å²) in [5.41, 5.74) is 2.52. The van der Waals surface area contributed by atoms with Crippen LogP contribution in [0.3, 0.4) is 0 Å². The Balaban J connectivity index is 1.82. The van der Waals surface area contributed by atoms with E-state index in [0.29, 0.717) is 22.5 Å². The number of para-hydroxylation sites is 1. The fourth-order valence-electron chi connectivity index (χ4n) is 2.33. The largest absolute Gasteiger partial charge is 0.326 e. The third kappa shape index (κ3) is 3.35. The minimum Gasteiger partial charge on any atom is -0.326 e. The number of pyridine rings is 1. The first-order chi connectivity index (χ1) is 11.1. The van der Waals surface area contributed by atoms with Crippen molar-refractivity contribution in [1.82, 2.24) is 4.98 Å². The number of carbonyl (C=O) groups is 2. The number of hydrogen-bond acceptors (Lipinski definition) is 3. The molecule has 0 atom stereocenters. The van der Waals surface area contributed by atoms with Crippen molar-refractivity contribution in [2.24, 2.45) is 0 Å². The van der Waals surface area contributed by atoms with Gasteiger partial charge in [-0.25, -0.2) is 0 Å². The second kappa shape index (κ2) is 6.27. The Kier molecular flexibility index (Phi) is 4.01. The smallest absolute Gasteiger partial charge is 0.257 e. The summed E-state index contributed by atoms with van der Waals surface area (Å²) in [5, 5.41) is 6.44. The Hall–Kier alpha value is -3.21. The van der Waals surface area contributed by atoms with E-state index in [2.05, 4.69) is 15.6 Å².